The van der Waals surface area contributed by atoms with Crippen LogP contribution in [0.1, 0.15) is 6.92 Å². The molecule has 1 aliphatic rings. The zero-order valence-electron chi connectivity index (χ0n) is 4.79. The van der Waals surface area contributed by atoms with E-state index in [1.54, 1.807) is 6.92 Å². The molecule has 1 unspecified atom stereocenters. The van der Waals surface area contributed by atoms with Crippen LogP contribution in [0.4, 0.5) is 0 Å². The van der Waals surface area contributed by atoms with Gasteiger partial charge in [-0.05, 0) is 6.92 Å². The first-order valence-electron chi connectivity index (χ1n) is 2.33. The van der Waals surface area contributed by atoms with E-state index >= 15 is 0 Å². The van der Waals surface area contributed by atoms with E-state index in [1.165, 1.54) is 0 Å². The number of hydrogen-bond acceptors (Lipinski definition) is 4. The molecule has 0 aliphatic carbocycles. The molecule has 0 aromatic rings. The Bertz CT molecular complexity index is 198. The fourth-order valence-electron chi connectivity index (χ4n) is 0.395. The summed E-state index contributed by atoms with van der Waals surface area (Å²) in [6, 6.07) is 0. The predicted molar refractivity (Wildman–Crippen MR) is 32.2 cm³/mol. The molecular weight excluding hydrogens is 142 g/mol. The third kappa shape index (κ3) is 1.35. The molecule has 0 saturated carbocycles. The van der Waals surface area contributed by atoms with Crippen molar-refractivity contribution in [1.29, 1.82) is 0 Å². The van der Waals surface area contributed by atoms with Crippen LogP contribution in [-0.4, -0.2) is 21.0 Å². The van der Waals surface area contributed by atoms with E-state index in [2.05, 4.69) is 9.99 Å². The molecule has 0 saturated heterocycles. The number of nitrogens with zero attached hydrogens (tertiary/aromatic N) is 1. The lowest BCUT2D eigenvalue weighted by Crippen LogP contribution is -2.22. The van der Waals surface area contributed by atoms with Gasteiger partial charge >= 0.3 is 5.97 Å². The molecule has 1 heterocycles. The zero-order valence-corrected chi connectivity index (χ0v) is 5.60. The van der Waals surface area contributed by atoms with Crippen molar-refractivity contribution < 1.29 is 13.8 Å². The summed E-state index contributed by atoms with van der Waals surface area (Å²) in [5.41, 5.74) is 0. The summed E-state index contributed by atoms with van der Waals surface area (Å²) < 4.78 is 10.7. The molecule has 0 bridgehead atoms. The lowest BCUT2D eigenvalue weighted by molar-refractivity contribution is -0.140. The summed E-state index contributed by atoms with van der Waals surface area (Å²) in [4.78, 5) is 14.5. The quantitative estimate of drug-likeness (QED) is 0.439. The lowest BCUT2D eigenvalue weighted by atomic mass is 10.8. The molecule has 0 aromatic heterocycles. The van der Waals surface area contributed by atoms with Crippen LogP contribution in [0.15, 0.2) is 5.16 Å². The summed E-state index contributed by atoms with van der Waals surface area (Å²) in [6.07, 6.45) is 0. The van der Waals surface area contributed by atoms with Gasteiger partial charge in [0, 0.05) is 0 Å². The second-order valence-corrected chi connectivity index (χ2v) is 3.13. The Morgan fingerprint density at radius 3 is 2.89 bits per heavy atom. The first-order valence-corrected chi connectivity index (χ1v) is 3.65. The Balaban J connectivity index is 2.79. The average Bonchev–Trinajstić information content (AvgIpc) is 1.80. The minimum atomic E-state index is -1.24. The van der Waals surface area contributed by atoms with Gasteiger partial charge in [-0.3, -0.25) is 4.21 Å². The third-order valence-electron chi connectivity index (χ3n) is 0.854. The van der Waals surface area contributed by atoms with Crippen LogP contribution < -0.4 is 0 Å². The van der Waals surface area contributed by atoms with Gasteiger partial charge in [-0.25, -0.2) is 4.79 Å². The number of hydrogen-bond donors (Lipinski definition) is 0. The molecule has 0 amide bonds. The maximum atomic E-state index is 10.7. The molecule has 4 nitrogen and oxygen atoms in total. The van der Waals surface area contributed by atoms with E-state index in [-0.39, 0.29) is 5.75 Å². The Morgan fingerprint density at radius 2 is 2.44 bits per heavy atom. The van der Waals surface area contributed by atoms with E-state index in [0.717, 1.165) is 0 Å². The number of carbonyl (C=O) groups excluding carboxylic acids is 1. The highest BCUT2D eigenvalue weighted by atomic mass is 32.2. The highest BCUT2D eigenvalue weighted by molar-refractivity contribution is 8.01. The van der Waals surface area contributed by atoms with Crippen molar-refractivity contribution in [3.05, 3.63) is 0 Å². The zero-order chi connectivity index (χ0) is 6.85. The Labute approximate surface area is 54.3 Å². The minimum Gasteiger partial charge on any atom is -0.316 e. The van der Waals surface area contributed by atoms with Gasteiger partial charge in [-0.15, -0.1) is 0 Å². The van der Waals surface area contributed by atoms with Gasteiger partial charge in [0.1, 0.15) is 10.8 Å². The monoisotopic (exact) mass is 147 g/mol. The Hall–Kier alpha value is -0.710. The molecule has 9 heavy (non-hydrogen) atoms. The van der Waals surface area contributed by atoms with Crippen molar-refractivity contribution in [2.24, 2.45) is 5.16 Å². The maximum absolute atomic E-state index is 10.7. The van der Waals surface area contributed by atoms with Gasteiger partial charge < -0.3 is 4.84 Å². The first kappa shape index (κ1) is 6.41. The average molecular weight is 147 g/mol. The highest BCUT2D eigenvalue weighted by Crippen LogP contribution is 1.98. The summed E-state index contributed by atoms with van der Waals surface area (Å²) in [7, 11) is -1.24. The summed E-state index contributed by atoms with van der Waals surface area (Å²) in [5, 5.41) is 3.63. The predicted octanol–water partition coefficient (Wildman–Crippen LogP) is -0.375. The number of rotatable bonds is 0. The summed E-state index contributed by atoms with van der Waals surface area (Å²) >= 11 is 0. The fraction of sp³-hybridized carbons (Fsp3) is 0.500. The number of oxime groups is 1. The van der Waals surface area contributed by atoms with Gasteiger partial charge in [0.2, 0.25) is 0 Å². The van der Waals surface area contributed by atoms with Gasteiger partial charge in [0.15, 0.2) is 0 Å². The smallest absolute Gasteiger partial charge is 0.316 e. The molecular formula is C4H5NO3S. The molecule has 0 N–H and O–H groups in total. The van der Waals surface area contributed by atoms with E-state index in [9.17, 15) is 9.00 Å². The molecule has 1 aliphatic heterocycles. The van der Waals surface area contributed by atoms with Gasteiger partial charge in [-0.2, -0.15) is 0 Å². The van der Waals surface area contributed by atoms with Crippen molar-refractivity contribution in [3.63, 3.8) is 0 Å². The first-order chi connectivity index (χ1) is 4.20. The molecule has 0 aromatic carbocycles. The second kappa shape index (κ2) is 2.26. The van der Waals surface area contributed by atoms with Gasteiger partial charge in [-0.1, -0.05) is 5.16 Å². The van der Waals surface area contributed by atoms with Crippen LogP contribution in [0.2, 0.25) is 0 Å². The van der Waals surface area contributed by atoms with E-state index in [4.69, 9.17) is 0 Å². The van der Waals surface area contributed by atoms with Crippen LogP contribution in [0.3, 0.4) is 0 Å². The maximum Gasteiger partial charge on any atom is 0.347 e. The molecule has 50 valence electrons. The molecule has 1 rings (SSSR count). The minimum absolute atomic E-state index is 0.0602. The van der Waals surface area contributed by atoms with Gasteiger partial charge in [0.25, 0.3) is 0 Å². The van der Waals surface area contributed by atoms with E-state index < -0.39 is 16.8 Å². The highest BCUT2D eigenvalue weighted by Gasteiger charge is 2.17. The summed E-state index contributed by atoms with van der Waals surface area (Å²) in [5.74, 6) is -0.589. The van der Waals surface area contributed by atoms with Crippen molar-refractivity contribution in [1.82, 2.24) is 0 Å². The second-order valence-electron chi connectivity index (χ2n) is 1.56. The third-order valence-corrected chi connectivity index (χ3v) is 2.09. The van der Waals surface area contributed by atoms with E-state index in [1.807, 2.05) is 0 Å². The largest absolute Gasteiger partial charge is 0.347 e. The topological polar surface area (TPSA) is 55.7 Å². The normalized spacial score (nSPS) is 27.0. The fourth-order valence-corrected chi connectivity index (χ4v) is 0.991. The molecule has 1 atom stereocenters. The van der Waals surface area contributed by atoms with Crippen molar-refractivity contribution in [2.75, 3.05) is 5.75 Å². The van der Waals surface area contributed by atoms with E-state index in [0.29, 0.717) is 5.04 Å². The SMILES string of the molecule is CC1=NOC(=O)CS1=O. The standard InChI is InChI=1S/C4H5NO3S/c1-3-5-8-4(6)2-9(3)7/h2H2,1H3. The van der Waals surface area contributed by atoms with Crippen molar-refractivity contribution >= 4 is 21.8 Å². The van der Waals surface area contributed by atoms with Gasteiger partial charge in [0.05, 0.1) is 10.8 Å². The van der Waals surface area contributed by atoms with Crippen LogP contribution in [-0.2, 0) is 20.4 Å². The molecule has 5 heteroatoms. The van der Waals surface area contributed by atoms with Crippen molar-refractivity contribution in [3.8, 4) is 0 Å². The number of carbonyl (C=O) groups is 1. The molecule has 0 radical (unpaired) electrons. The van der Waals surface area contributed by atoms with Crippen LogP contribution in [0.25, 0.3) is 0 Å². The lowest BCUT2D eigenvalue weighted by Gasteiger charge is -2.04. The Kier molecular flexibility index (Phi) is 1.61. The van der Waals surface area contributed by atoms with Crippen LogP contribution in [0.5, 0.6) is 0 Å². The summed E-state index contributed by atoms with van der Waals surface area (Å²) in [6.45, 7) is 1.56. The van der Waals surface area contributed by atoms with Crippen molar-refractivity contribution in [2.45, 2.75) is 6.92 Å². The van der Waals surface area contributed by atoms with Crippen LogP contribution in [0, 0.1) is 0 Å². The Morgan fingerprint density at radius 1 is 1.78 bits per heavy atom. The van der Waals surface area contributed by atoms with Crippen LogP contribution >= 0.6 is 0 Å². The molecule has 0 fully saturated rings. The molecule has 0 spiro atoms.